The summed E-state index contributed by atoms with van der Waals surface area (Å²) in [7, 11) is -3.31. The van der Waals surface area contributed by atoms with E-state index in [0.717, 1.165) is 17.2 Å². The quantitative estimate of drug-likeness (QED) is 0.679. The van der Waals surface area contributed by atoms with Crippen LogP contribution in [0.4, 0.5) is 0 Å². The third-order valence-electron chi connectivity index (χ3n) is 4.68. The molecular formula is C21H19NO5S. The number of carbonyl (C=O) groups excluding carboxylic acids is 1. The Morgan fingerprint density at radius 3 is 2.43 bits per heavy atom. The van der Waals surface area contributed by atoms with Crippen LogP contribution in [0.2, 0.25) is 0 Å². The van der Waals surface area contributed by atoms with E-state index in [-0.39, 0.29) is 10.7 Å². The summed E-state index contributed by atoms with van der Waals surface area (Å²) >= 11 is 0. The van der Waals surface area contributed by atoms with Crippen LogP contribution in [0.3, 0.4) is 0 Å². The molecule has 3 aromatic rings. The molecule has 0 fully saturated rings. The third kappa shape index (κ3) is 3.18. The molecule has 0 unspecified atom stereocenters. The number of ether oxygens (including phenoxy) is 2. The van der Waals surface area contributed by atoms with E-state index < -0.39 is 21.4 Å². The fourth-order valence-corrected chi connectivity index (χ4v) is 3.99. The average Bonchev–Trinajstić information content (AvgIpc) is 3.16. The summed E-state index contributed by atoms with van der Waals surface area (Å²) in [6.45, 7) is 3.55. The fourth-order valence-electron chi connectivity index (χ4n) is 3.36. The van der Waals surface area contributed by atoms with Crippen molar-refractivity contribution in [1.29, 1.82) is 0 Å². The highest BCUT2D eigenvalue weighted by Gasteiger charge is 2.43. The van der Waals surface area contributed by atoms with Crippen molar-refractivity contribution in [3.63, 3.8) is 0 Å². The Morgan fingerprint density at radius 2 is 1.75 bits per heavy atom. The Hall–Kier alpha value is -3.06. The predicted molar refractivity (Wildman–Crippen MR) is 106 cm³/mol. The van der Waals surface area contributed by atoms with Crippen molar-refractivity contribution >= 4 is 32.3 Å². The summed E-state index contributed by atoms with van der Waals surface area (Å²) in [6.07, 6.45) is 2.98. The standard InChI is InChI=1S/C21H19NO5S/c1-21(2)18(13-4-7-16(8-5-13)28(3,24)25)19(20(23)27-21)26-15-6-9-17-14(12-15)10-11-22-17/h4-12,22H,1-3H3. The van der Waals surface area contributed by atoms with E-state index in [1.165, 1.54) is 12.1 Å². The predicted octanol–water partition coefficient (Wildman–Crippen LogP) is 3.70. The average molecular weight is 397 g/mol. The van der Waals surface area contributed by atoms with Crippen LogP contribution < -0.4 is 4.74 Å². The van der Waals surface area contributed by atoms with Crippen molar-refractivity contribution in [1.82, 2.24) is 4.98 Å². The van der Waals surface area contributed by atoms with Crippen molar-refractivity contribution in [3.8, 4) is 5.75 Å². The van der Waals surface area contributed by atoms with Gasteiger partial charge in [0.15, 0.2) is 9.84 Å². The van der Waals surface area contributed by atoms with E-state index in [1.54, 1.807) is 32.0 Å². The molecule has 7 heteroatoms. The summed E-state index contributed by atoms with van der Waals surface area (Å²) in [5.41, 5.74) is 1.30. The molecule has 0 bridgehead atoms. The zero-order chi connectivity index (χ0) is 20.1. The number of rotatable bonds is 4. The van der Waals surface area contributed by atoms with Crippen molar-refractivity contribution in [2.24, 2.45) is 0 Å². The monoisotopic (exact) mass is 397 g/mol. The number of H-pyrrole nitrogens is 1. The van der Waals surface area contributed by atoms with Crippen LogP contribution in [-0.2, 0) is 19.4 Å². The van der Waals surface area contributed by atoms with Gasteiger partial charge in [0.25, 0.3) is 0 Å². The van der Waals surface area contributed by atoms with Crippen molar-refractivity contribution in [3.05, 3.63) is 66.1 Å². The van der Waals surface area contributed by atoms with Gasteiger partial charge in [0.2, 0.25) is 5.76 Å². The lowest BCUT2D eigenvalue weighted by Gasteiger charge is -2.21. The summed E-state index contributed by atoms with van der Waals surface area (Å²) in [5.74, 6) is 0.0651. The second-order valence-corrected chi connectivity index (χ2v) is 9.25. The van der Waals surface area contributed by atoms with Gasteiger partial charge in [-0.25, -0.2) is 13.2 Å². The number of fused-ring (bicyclic) bond motifs is 1. The number of carbonyl (C=O) groups is 1. The summed E-state index contributed by atoms with van der Waals surface area (Å²) in [5, 5.41) is 0.961. The number of hydrogen-bond donors (Lipinski definition) is 1. The van der Waals surface area contributed by atoms with Crippen LogP contribution in [0.5, 0.6) is 5.75 Å². The Bertz CT molecular complexity index is 1220. The van der Waals surface area contributed by atoms with Gasteiger partial charge in [0.05, 0.1) is 10.5 Å². The molecule has 28 heavy (non-hydrogen) atoms. The third-order valence-corrected chi connectivity index (χ3v) is 5.81. The van der Waals surface area contributed by atoms with Gasteiger partial charge < -0.3 is 14.5 Å². The maximum atomic E-state index is 12.5. The van der Waals surface area contributed by atoms with E-state index in [9.17, 15) is 13.2 Å². The number of hydrogen-bond acceptors (Lipinski definition) is 5. The molecule has 0 amide bonds. The van der Waals surface area contributed by atoms with E-state index in [0.29, 0.717) is 16.9 Å². The first-order chi connectivity index (χ1) is 13.1. The van der Waals surface area contributed by atoms with E-state index >= 15 is 0 Å². The van der Waals surface area contributed by atoms with Gasteiger partial charge in [-0.3, -0.25) is 0 Å². The molecular weight excluding hydrogens is 378 g/mol. The maximum Gasteiger partial charge on any atom is 0.375 e. The molecule has 1 aromatic heterocycles. The molecule has 144 valence electrons. The van der Waals surface area contributed by atoms with Gasteiger partial charge in [0, 0.05) is 23.4 Å². The van der Waals surface area contributed by atoms with Crippen LogP contribution in [0.15, 0.2) is 65.4 Å². The molecule has 0 saturated carbocycles. The molecule has 0 spiro atoms. The molecule has 0 saturated heterocycles. The topological polar surface area (TPSA) is 85.5 Å². The minimum absolute atomic E-state index is 0.104. The molecule has 4 rings (SSSR count). The maximum absolute atomic E-state index is 12.5. The smallest absolute Gasteiger partial charge is 0.375 e. The fraction of sp³-hybridized carbons (Fsp3) is 0.190. The van der Waals surface area contributed by atoms with Gasteiger partial charge in [-0.2, -0.15) is 0 Å². The molecule has 0 radical (unpaired) electrons. The lowest BCUT2D eigenvalue weighted by molar-refractivity contribution is -0.145. The van der Waals surface area contributed by atoms with E-state index in [2.05, 4.69) is 4.98 Å². The normalized spacial score (nSPS) is 16.5. The number of benzene rings is 2. The number of cyclic esters (lactones) is 1. The first kappa shape index (κ1) is 18.3. The van der Waals surface area contributed by atoms with Gasteiger partial charge in [0.1, 0.15) is 11.4 Å². The second-order valence-electron chi connectivity index (χ2n) is 7.23. The van der Waals surface area contributed by atoms with Crippen molar-refractivity contribution in [2.45, 2.75) is 24.3 Å². The van der Waals surface area contributed by atoms with Crippen molar-refractivity contribution in [2.75, 3.05) is 6.26 Å². The summed E-state index contributed by atoms with van der Waals surface area (Å²) in [6, 6.07) is 13.7. The van der Waals surface area contributed by atoms with Gasteiger partial charge >= 0.3 is 5.97 Å². The number of aromatic nitrogens is 1. The van der Waals surface area contributed by atoms with E-state index in [1.807, 2.05) is 24.4 Å². The Morgan fingerprint density at radius 1 is 1.04 bits per heavy atom. The molecule has 2 aromatic carbocycles. The Kier molecular flexibility index (Phi) is 4.08. The molecule has 6 nitrogen and oxygen atoms in total. The minimum atomic E-state index is -3.31. The van der Waals surface area contributed by atoms with Crippen LogP contribution in [0, 0.1) is 0 Å². The highest BCUT2D eigenvalue weighted by molar-refractivity contribution is 7.90. The number of sulfone groups is 1. The largest absolute Gasteiger partial charge is 0.449 e. The first-order valence-corrected chi connectivity index (χ1v) is 10.6. The van der Waals surface area contributed by atoms with Crippen LogP contribution >= 0.6 is 0 Å². The van der Waals surface area contributed by atoms with Crippen LogP contribution in [0.1, 0.15) is 19.4 Å². The molecule has 2 heterocycles. The zero-order valence-electron chi connectivity index (χ0n) is 15.6. The number of nitrogens with one attached hydrogen (secondary N) is 1. The molecule has 1 N–H and O–H groups in total. The highest BCUT2D eigenvalue weighted by atomic mass is 32.2. The highest BCUT2D eigenvalue weighted by Crippen LogP contribution is 2.40. The molecule has 0 aliphatic carbocycles. The van der Waals surface area contributed by atoms with Crippen molar-refractivity contribution < 1.29 is 22.7 Å². The van der Waals surface area contributed by atoms with E-state index in [4.69, 9.17) is 9.47 Å². The lowest BCUT2D eigenvalue weighted by Crippen LogP contribution is -2.22. The lowest BCUT2D eigenvalue weighted by atomic mass is 9.92. The summed E-state index contributed by atoms with van der Waals surface area (Å²) < 4.78 is 34.9. The molecule has 0 atom stereocenters. The summed E-state index contributed by atoms with van der Waals surface area (Å²) in [4.78, 5) is 15.8. The SMILES string of the molecule is CC1(C)OC(=O)C(Oc2ccc3[nH]ccc3c2)=C1c1ccc(S(C)(=O)=O)cc1. The van der Waals surface area contributed by atoms with Gasteiger partial charge in [-0.05, 0) is 55.8 Å². The first-order valence-electron chi connectivity index (χ1n) is 8.69. The second kappa shape index (κ2) is 6.24. The number of aromatic amines is 1. The molecule has 1 aliphatic rings. The Balaban J connectivity index is 1.79. The Labute approximate surface area is 162 Å². The van der Waals surface area contributed by atoms with Crippen LogP contribution in [-0.4, -0.2) is 31.2 Å². The van der Waals surface area contributed by atoms with Crippen LogP contribution in [0.25, 0.3) is 16.5 Å². The van der Waals surface area contributed by atoms with Gasteiger partial charge in [-0.1, -0.05) is 12.1 Å². The number of esters is 1. The van der Waals surface area contributed by atoms with Gasteiger partial charge in [-0.15, -0.1) is 0 Å². The molecule has 1 aliphatic heterocycles. The minimum Gasteiger partial charge on any atom is -0.449 e. The zero-order valence-corrected chi connectivity index (χ0v) is 16.5.